The number of hydrogen-bond donors (Lipinski definition) is 3. The molecule has 0 aliphatic heterocycles. The number of hydrogen-bond acceptors (Lipinski definition) is 3. The van der Waals surface area contributed by atoms with Crippen molar-refractivity contribution >= 4 is 0 Å². The van der Waals surface area contributed by atoms with E-state index in [1.54, 1.807) is 0 Å². The van der Waals surface area contributed by atoms with Gasteiger partial charge in [-0.1, -0.05) is 64.7 Å². The largest absolute Gasteiger partial charge is 0.344 e. The maximum absolute atomic E-state index is 5.42. The number of nitrogens with two attached hydrogens (primary N) is 1. The van der Waals surface area contributed by atoms with Gasteiger partial charge in [-0.3, -0.25) is 0 Å². The summed E-state index contributed by atoms with van der Waals surface area (Å²) < 4.78 is 0. The Morgan fingerprint density at radius 1 is 0.600 bits per heavy atom. The van der Waals surface area contributed by atoms with Gasteiger partial charge < -0.3 is 18.0 Å². The summed E-state index contributed by atoms with van der Waals surface area (Å²) in [6.07, 6.45) is 13.9. The molecule has 0 unspecified atom stereocenters. The van der Waals surface area contributed by atoms with E-state index in [-0.39, 0.29) is 12.3 Å². The molecule has 15 heavy (non-hydrogen) atoms. The molecular weight excluding hydrogens is 186 g/mol. The third-order valence-electron chi connectivity index (χ3n) is 2.56. The van der Waals surface area contributed by atoms with Gasteiger partial charge in [-0.2, -0.15) is 0 Å². The molecular formula is C12H33N3. The fraction of sp³-hybridized carbons (Fsp3) is 1.00. The molecule has 8 N–H and O–H groups in total. The highest BCUT2D eigenvalue weighted by Crippen LogP contribution is 2.09. The zero-order valence-electron chi connectivity index (χ0n) is 10.8. The van der Waals surface area contributed by atoms with E-state index in [9.17, 15) is 0 Å². The summed E-state index contributed by atoms with van der Waals surface area (Å²) in [7, 11) is 0. The monoisotopic (exact) mass is 219 g/mol. The Hall–Kier alpha value is -0.120. The molecule has 3 nitrogen and oxygen atoms in total. The molecule has 0 bridgehead atoms. The van der Waals surface area contributed by atoms with Crippen LogP contribution in [0.15, 0.2) is 0 Å². The Kier molecular flexibility index (Phi) is 26.3. The van der Waals surface area contributed by atoms with Crippen LogP contribution < -0.4 is 18.0 Å². The molecule has 0 saturated heterocycles. The Labute approximate surface area is 96.4 Å². The molecule has 0 aromatic carbocycles. The SMILES string of the molecule is CCCCCCCCCCCCN.N.N. The van der Waals surface area contributed by atoms with Crippen LogP contribution in [0.5, 0.6) is 0 Å². The van der Waals surface area contributed by atoms with E-state index in [1.807, 2.05) is 0 Å². The van der Waals surface area contributed by atoms with Gasteiger partial charge in [0, 0.05) is 0 Å². The van der Waals surface area contributed by atoms with E-state index in [4.69, 9.17) is 5.73 Å². The first-order valence-electron chi connectivity index (χ1n) is 6.12. The molecule has 0 heterocycles. The van der Waals surface area contributed by atoms with Gasteiger partial charge in [0.05, 0.1) is 0 Å². The standard InChI is InChI=1S/C12H27N.2H3N/c1-2-3-4-5-6-7-8-9-10-11-12-13;;/h2-13H2,1H3;2*1H3. The van der Waals surface area contributed by atoms with Crippen LogP contribution >= 0.6 is 0 Å². The number of unbranched alkanes of at least 4 members (excludes halogenated alkanes) is 9. The van der Waals surface area contributed by atoms with Crippen LogP contribution in [0.2, 0.25) is 0 Å². The van der Waals surface area contributed by atoms with E-state index >= 15 is 0 Å². The van der Waals surface area contributed by atoms with Crippen molar-refractivity contribution in [2.24, 2.45) is 5.73 Å². The maximum atomic E-state index is 5.42. The molecule has 3 heteroatoms. The van der Waals surface area contributed by atoms with Gasteiger partial charge in [0.25, 0.3) is 0 Å². The van der Waals surface area contributed by atoms with Crippen molar-refractivity contribution in [3.8, 4) is 0 Å². The normalized spacial score (nSPS) is 9.20. The van der Waals surface area contributed by atoms with E-state index in [2.05, 4.69) is 6.92 Å². The van der Waals surface area contributed by atoms with Crippen molar-refractivity contribution in [2.45, 2.75) is 71.1 Å². The second kappa shape index (κ2) is 19.5. The Morgan fingerprint density at radius 2 is 0.933 bits per heavy atom. The van der Waals surface area contributed by atoms with Crippen LogP contribution in [0, 0.1) is 0 Å². The third-order valence-corrected chi connectivity index (χ3v) is 2.56. The molecule has 0 aliphatic rings. The molecule has 0 aromatic heterocycles. The first-order chi connectivity index (χ1) is 6.41. The van der Waals surface area contributed by atoms with Crippen LogP contribution in [-0.2, 0) is 0 Å². The van der Waals surface area contributed by atoms with Crippen molar-refractivity contribution < 1.29 is 0 Å². The minimum atomic E-state index is 0. The highest BCUT2D eigenvalue weighted by atomic mass is 14.5. The summed E-state index contributed by atoms with van der Waals surface area (Å²) in [6.45, 7) is 3.14. The van der Waals surface area contributed by atoms with Crippen LogP contribution in [-0.4, -0.2) is 6.54 Å². The highest BCUT2D eigenvalue weighted by molar-refractivity contribution is 4.47. The lowest BCUT2D eigenvalue weighted by Gasteiger charge is -2.00. The van der Waals surface area contributed by atoms with Gasteiger partial charge in [0.15, 0.2) is 0 Å². The summed E-state index contributed by atoms with van der Waals surface area (Å²) in [5.74, 6) is 0. The molecule has 0 fully saturated rings. The van der Waals surface area contributed by atoms with Crippen molar-refractivity contribution in [2.75, 3.05) is 6.54 Å². The molecule has 0 radical (unpaired) electrons. The van der Waals surface area contributed by atoms with Crippen molar-refractivity contribution in [1.29, 1.82) is 0 Å². The second-order valence-corrected chi connectivity index (χ2v) is 3.97. The van der Waals surface area contributed by atoms with E-state index in [0.29, 0.717) is 0 Å². The predicted octanol–water partition coefficient (Wildman–Crippen LogP) is 4.19. The molecule has 96 valence electrons. The van der Waals surface area contributed by atoms with E-state index in [0.717, 1.165) is 6.54 Å². The smallest absolute Gasteiger partial charge is 0.00773 e. The van der Waals surface area contributed by atoms with Gasteiger partial charge >= 0.3 is 0 Å². The summed E-state index contributed by atoms with van der Waals surface area (Å²) in [5, 5.41) is 0. The van der Waals surface area contributed by atoms with E-state index < -0.39 is 0 Å². The highest BCUT2D eigenvalue weighted by Gasteiger charge is 1.90. The second-order valence-electron chi connectivity index (χ2n) is 3.97. The third kappa shape index (κ3) is 20.1. The Balaban J connectivity index is -0.000000720. The summed E-state index contributed by atoms with van der Waals surface area (Å²) in [4.78, 5) is 0. The minimum absolute atomic E-state index is 0. The van der Waals surface area contributed by atoms with Gasteiger partial charge in [-0.15, -0.1) is 0 Å². The first-order valence-corrected chi connectivity index (χ1v) is 6.12. The van der Waals surface area contributed by atoms with E-state index in [1.165, 1.54) is 64.2 Å². The van der Waals surface area contributed by atoms with Crippen LogP contribution in [0.1, 0.15) is 71.1 Å². The van der Waals surface area contributed by atoms with Gasteiger partial charge in [-0.25, -0.2) is 0 Å². The Morgan fingerprint density at radius 3 is 1.27 bits per heavy atom. The van der Waals surface area contributed by atoms with Crippen LogP contribution in [0.25, 0.3) is 0 Å². The zero-order chi connectivity index (χ0) is 9.78. The molecule has 0 amide bonds. The van der Waals surface area contributed by atoms with Gasteiger partial charge in [0.1, 0.15) is 0 Å². The van der Waals surface area contributed by atoms with Crippen LogP contribution in [0.3, 0.4) is 0 Å². The van der Waals surface area contributed by atoms with Crippen molar-refractivity contribution in [3.63, 3.8) is 0 Å². The Bertz CT molecular complexity index is 76.9. The average Bonchev–Trinajstić information content (AvgIpc) is 2.16. The summed E-state index contributed by atoms with van der Waals surface area (Å²) >= 11 is 0. The molecule has 0 aromatic rings. The minimum Gasteiger partial charge on any atom is -0.344 e. The lowest BCUT2D eigenvalue weighted by atomic mass is 10.1. The molecule has 0 saturated carbocycles. The predicted molar refractivity (Wildman–Crippen MR) is 70.9 cm³/mol. The lowest BCUT2D eigenvalue weighted by molar-refractivity contribution is 0.558. The molecule has 0 aliphatic carbocycles. The fourth-order valence-electron chi connectivity index (χ4n) is 1.63. The molecule has 0 rings (SSSR count). The average molecular weight is 219 g/mol. The van der Waals surface area contributed by atoms with Gasteiger partial charge in [-0.05, 0) is 13.0 Å². The van der Waals surface area contributed by atoms with Crippen molar-refractivity contribution in [1.82, 2.24) is 12.3 Å². The van der Waals surface area contributed by atoms with Gasteiger partial charge in [0.2, 0.25) is 0 Å². The maximum Gasteiger partial charge on any atom is -0.00773 e. The fourth-order valence-corrected chi connectivity index (χ4v) is 1.63. The number of rotatable bonds is 10. The molecule has 0 atom stereocenters. The summed E-state index contributed by atoms with van der Waals surface area (Å²) in [6, 6.07) is 0. The topological polar surface area (TPSA) is 96.0 Å². The van der Waals surface area contributed by atoms with Crippen molar-refractivity contribution in [3.05, 3.63) is 0 Å². The molecule has 0 spiro atoms. The quantitative estimate of drug-likeness (QED) is 0.481. The lowest BCUT2D eigenvalue weighted by Crippen LogP contribution is -1.97. The zero-order valence-corrected chi connectivity index (χ0v) is 10.8. The summed E-state index contributed by atoms with van der Waals surface area (Å²) in [5.41, 5.74) is 5.42. The van der Waals surface area contributed by atoms with Crippen LogP contribution in [0.4, 0.5) is 0 Å². The first kappa shape index (κ1) is 20.3.